The topological polar surface area (TPSA) is 336 Å². The van der Waals surface area contributed by atoms with Crippen molar-refractivity contribution in [2.24, 2.45) is 29.6 Å². The molecule has 21 heteroatoms. The normalized spacial score (nSPS) is 47.9. The van der Waals surface area contributed by atoms with E-state index in [9.17, 15) is 70.9 Å². The maximum absolute atomic E-state index is 13.8. The van der Waals surface area contributed by atoms with E-state index >= 15 is 0 Å². The molecule has 56 heavy (non-hydrogen) atoms. The largest absolute Gasteiger partial charge is 0.396 e. The Labute approximate surface area is 321 Å². The molecular formula is C35H57NO20. The number of fused-ring (bicyclic) bond motifs is 5. The highest BCUT2D eigenvalue weighted by Crippen LogP contribution is 2.54. The summed E-state index contributed by atoms with van der Waals surface area (Å²) >= 11 is 0. The number of nitrogens with zero attached hydrogens (tertiary/aromatic N) is 1. The molecule has 322 valence electrons. The van der Waals surface area contributed by atoms with Crippen molar-refractivity contribution in [1.29, 1.82) is 0 Å². The fraction of sp³-hybridized carbons (Fsp3) is 0.943. The average molecular weight is 812 g/mol. The lowest BCUT2D eigenvalue weighted by molar-refractivity contribution is -0.304. The number of rotatable bonds is 17. The van der Waals surface area contributed by atoms with E-state index < -0.39 is 159 Å². The summed E-state index contributed by atoms with van der Waals surface area (Å²) < 4.78 is 34.6. The molecule has 1 saturated carbocycles. The van der Waals surface area contributed by atoms with Crippen LogP contribution >= 0.6 is 0 Å². The zero-order chi connectivity index (χ0) is 40.6. The van der Waals surface area contributed by atoms with Gasteiger partial charge in [-0.3, -0.25) is 14.5 Å². The Balaban J connectivity index is 1.06. The third-order valence-electron chi connectivity index (χ3n) is 12.4. The van der Waals surface area contributed by atoms with Gasteiger partial charge in [0, 0.05) is 37.5 Å². The number of carbonyl (C=O) groups is 2. The first-order valence-corrected chi connectivity index (χ1v) is 19.4. The monoisotopic (exact) mass is 811 g/mol. The molecule has 5 saturated heterocycles. The predicted molar refractivity (Wildman–Crippen MR) is 180 cm³/mol. The number of ether oxygens (including phenoxy) is 6. The Morgan fingerprint density at radius 2 is 1.04 bits per heavy atom. The molecule has 12 unspecified atom stereocenters. The molecule has 12 N–H and O–H groups in total. The number of aliphatic hydroxyl groups is 12. The van der Waals surface area contributed by atoms with Crippen LogP contribution in [0.25, 0.3) is 0 Å². The van der Waals surface area contributed by atoms with E-state index in [1.165, 1.54) is 4.90 Å². The molecular weight excluding hydrogens is 754 g/mol. The van der Waals surface area contributed by atoms with Crippen molar-refractivity contribution < 1.29 is 99.3 Å². The molecule has 21 atom stereocenters. The summed E-state index contributed by atoms with van der Waals surface area (Å²) in [6, 6.07) is 0. The number of imide groups is 1. The lowest BCUT2D eigenvalue weighted by atomic mass is 9.69. The van der Waals surface area contributed by atoms with Crippen LogP contribution in [0.15, 0.2) is 0 Å². The molecule has 0 aromatic carbocycles. The molecule has 0 aromatic heterocycles. The molecule has 5 aliphatic heterocycles. The predicted octanol–water partition coefficient (Wildman–Crippen LogP) is -6.73. The summed E-state index contributed by atoms with van der Waals surface area (Å²) in [5.74, 6) is -4.63. The number of carbonyl (C=O) groups excluding carboxylic acids is 2. The second-order valence-corrected chi connectivity index (χ2v) is 15.8. The molecule has 5 heterocycles. The molecule has 0 aromatic rings. The lowest BCUT2D eigenvalue weighted by Crippen LogP contribution is -2.59. The van der Waals surface area contributed by atoms with Crippen molar-refractivity contribution >= 4 is 11.8 Å². The number of aliphatic hydroxyl groups excluding tert-OH is 12. The summed E-state index contributed by atoms with van der Waals surface area (Å²) in [7, 11) is 0. The van der Waals surface area contributed by atoms with Crippen molar-refractivity contribution in [2.45, 2.75) is 130 Å². The van der Waals surface area contributed by atoms with E-state index in [0.29, 0.717) is 25.7 Å². The Bertz CT molecular complexity index is 1240. The van der Waals surface area contributed by atoms with E-state index in [4.69, 9.17) is 28.4 Å². The van der Waals surface area contributed by atoms with Gasteiger partial charge in [0.25, 0.3) is 0 Å². The van der Waals surface area contributed by atoms with Gasteiger partial charge in [-0.1, -0.05) is 12.8 Å². The first kappa shape index (κ1) is 44.0. The van der Waals surface area contributed by atoms with Gasteiger partial charge < -0.3 is 89.7 Å². The molecule has 0 radical (unpaired) electrons. The minimum Gasteiger partial charge on any atom is -0.396 e. The second-order valence-electron chi connectivity index (χ2n) is 15.8. The number of amides is 2. The molecule has 1 aliphatic carbocycles. The van der Waals surface area contributed by atoms with Crippen LogP contribution < -0.4 is 0 Å². The van der Waals surface area contributed by atoms with Crippen LogP contribution in [0.5, 0.6) is 0 Å². The molecule has 2 bridgehead atoms. The lowest BCUT2D eigenvalue weighted by Gasteiger charge is -2.42. The van der Waals surface area contributed by atoms with E-state index in [-0.39, 0.29) is 32.8 Å². The van der Waals surface area contributed by atoms with Crippen LogP contribution in [0.3, 0.4) is 0 Å². The third kappa shape index (κ3) is 8.40. The van der Waals surface area contributed by atoms with Crippen LogP contribution in [-0.4, -0.2) is 222 Å². The minimum absolute atomic E-state index is 0.0146. The first-order chi connectivity index (χ1) is 26.7. The Kier molecular flexibility index (Phi) is 14.7. The van der Waals surface area contributed by atoms with Crippen LogP contribution in [0.4, 0.5) is 0 Å². The average Bonchev–Trinajstić information content (AvgIpc) is 3.83. The number of unbranched alkanes of at least 4 members (excludes halogenated alkanes) is 3. The van der Waals surface area contributed by atoms with Crippen molar-refractivity contribution in [3.63, 3.8) is 0 Å². The first-order valence-electron chi connectivity index (χ1n) is 19.4. The maximum Gasteiger partial charge on any atom is 0.235 e. The number of likely N-dealkylation sites (tertiary alicyclic amines) is 1. The zero-order valence-electron chi connectivity index (χ0n) is 30.7. The van der Waals surface area contributed by atoms with E-state index in [1.54, 1.807) is 0 Å². The van der Waals surface area contributed by atoms with Crippen LogP contribution in [0.2, 0.25) is 0 Å². The standard InChI is InChI=1S/C35H57NO20/c37-8-13-7-16(22(41)25(44)21(13)40)52-11-14-15(12-53-35-29(48)27(46)24(43)18(10-39)55-35)31-20-19(30(14)56-31)32(49)36(33(20)50)5-3-1-2-4-6-51-34-28(47)26(45)23(42)17(9-38)54-34/h13-31,34-35,37-48H,1-12H2/t13?,14?,15?,16-,17?,18?,19?,20?,21+,22?,23+,24+,25+,26+,27+,28?,29?,30?,31?,34-,35-/m1/s1. The quantitative estimate of drug-likeness (QED) is 0.0480. The zero-order valence-corrected chi connectivity index (χ0v) is 30.7. The van der Waals surface area contributed by atoms with Crippen molar-refractivity contribution in [1.82, 2.24) is 4.90 Å². The molecule has 6 rings (SSSR count). The van der Waals surface area contributed by atoms with Gasteiger partial charge in [-0.15, -0.1) is 0 Å². The van der Waals surface area contributed by atoms with Crippen molar-refractivity contribution in [3.8, 4) is 0 Å². The Hall–Kier alpha value is -1.58. The van der Waals surface area contributed by atoms with Gasteiger partial charge in [-0.2, -0.15) is 0 Å². The van der Waals surface area contributed by atoms with Crippen LogP contribution in [0, 0.1) is 29.6 Å². The fourth-order valence-corrected chi connectivity index (χ4v) is 9.10. The van der Waals surface area contributed by atoms with Gasteiger partial charge in [0.1, 0.15) is 61.0 Å². The van der Waals surface area contributed by atoms with Gasteiger partial charge in [0.05, 0.1) is 62.7 Å². The fourth-order valence-electron chi connectivity index (χ4n) is 9.10. The van der Waals surface area contributed by atoms with E-state index in [1.807, 2.05) is 0 Å². The van der Waals surface area contributed by atoms with Crippen LogP contribution in [0.1, 0.15) is 32.1 Å². The van der Waals surface area contributed by atoms with Crippen molar-refractivity contribution in [2.75, 3.05) is 46.2 Å². The maximum atomic E-state index is 13.8. The van der Waals surface area contributed by atoms with Gasteiger partial charge >= 0.3 is 0 Å². The van der Waals surface area contributed by atoms with Gasteiger partial charge in [-0.05, 0) is 19.3 Å². The van der Waals surface area contributed by atoms with Gasteiger partial charge in [0.15, 0.2) is 12.6 Å². The molecule has 6 aliphatic rings. The van der Waals surface area contributed by atoms with E-state index in [0.717, 1.165) is 0 Å². The van der Waals surface area contributed by atoms with E-state index in [2.05, 4.69) is 0 Å². The molecule has 2 amide bonds. The molecule has 0 spiro atoms. The minimum atomic E-state index is -1.70. The molecule has 6 fully saturated rings. The van der Waals surface area contributed by atoms with Gasteiger partial charge in [0.2, 0.25) is 11.8 Å². The summed E-state index contributed by atoms with van der Waals surface area (Å²) in [5, 5.41) is 121. The second kappa shape index (κ2) is 18.8. The summed E-state index contributed by atoms with van der Waals surface area (Å²) in [6.45, 7) is -1.85. The smallest absolute Gasteiger partial charge is 0.235 e. The van der Waals surface area contributed by atoms with Crippen LogP contribution in [-0.2, 0) is 38.0 Å². The SMILES string of the molecule is O=C1C2C3OC(C(CO[C@@H]4CC(CO)[C@H](O)[C@H](O)C4O)C3CO[C@@H]3OC(CO)[C@H](O)[C@H](O)C3O)C2C(=O)N1CCCCCCO[C@@H]1OC(CO)[C@H](O)[C@H](O)C1O. The summed E-state index contributed by atoms with van der Waals surface area (Å²) in [5.41, 5.74) is 0. The number of hydrogen-bond acceptors (Lipinski definition) is 20. The Morgan fingerprint density at radius 3 is 1.57 bits per heavy atom. The highest BCUT2D eigenvalue weighted by Gasteiger charge is 2.69. The third-order valence-corrected chi connectivity index (χ3v) is 12.4. The van der Waals surface area contributed by atoms with Gasteiger partial charge in [-0.25, -0.2) is 0 Å². The summed E-state index contributed by atoms with van der Waals surface area (Å²) in [6.07, 6.45) is -19.6. The number of hydrogen-bond donors (Lipinski definition) is 12. The highest BCUT2D eigenvalue weighted by molar-refractivity contribution is 6.06. The summed E-state index contributed by atoms with van der Waals surface area (Å²) in [4.78, 5) is 28.8. The molecule has 21 nitrogen and oxygen atoms in total. The highest BCUT2D eigenvalue weighted by atomic mass is 16.7. The Morgan fingerprint density at radius 1 is 0.536 bits per heavy atom. The van der Waals surface area contributed by atoms with Crippen molar-refractivity contribution in [3.05, 3.63) is 0 Å².